The molecule has 2 atom stereocenters. The molecule has 260 valence electrons. The van der Waals surface area contributed by atoms with E-state index in [9.17, 15) is 9.59 Å². The molecule has 9 nitrogen and oxygen atoms in total. The number of benzene rings is 2. The van der Waals surface area contributed by atoms with E-state index in [4.69, 9.17) is 42.1 Å². The van der Waals surface area contributed by atoms with Crippen molar-refractivity contribution in [3.05, 3.63) is 110 Å². The van der Waals surface area contributed by atoms with Gasteiger partial charge in [-0.1, -0.05) is 59.6 Å². The molecule has 1 fully saturated rings. The Labute approximate surface area is 301 Å². The minimum atomic E-state index is -0.736. The van der Waals surface area contributed by atoms with Crippen LogP contribution in [0.15, 0.2) is 73.1 Å². The molecule has 1 saturated heterocycles. The van der Waals surface area contributed by atoms with E-state index in [1.807, 2.05) is 49.4 Å². The number of piperidine rings is 1. The van der Waals surface area contributed by atoms with Crippen LogP contribution in [-0.4, -0.2) is 57.3 Å². The van der Waals surface area contributed by atoms with Crippen molar-refractivity contribution in [1.29, 1.82) is 0 Å². The molecule has 0 spiro atoms. The van der Waals surface area contributed by atoms with Crippen LogP contribution in [0.25, 0.3) is 0 Å². The van der Waals surface area contributed by atoms with Crippen LogP contribution in [0.1, 0.15) is 63.2 Å². The Morgan fingerprint density at radius 2 is 1.73 bits per heavy atom. The molecule has 5 rings (SSSR count). The van der Waals surface area contributed by atoms with Crippen molar-refractivity contribution in [3.8, 4) is 11.5 Å². The maximum absolute atomic E-state index is 13.6. The zero-order valence-electron chi connectivity index (χ0n) is 27.9. The standard InChI is InChI=1S/C37H41Cl2N3O6S/c1-4-46-33-18-26(10-12-31(33)45-3)32(19-28-29(38)21-40-22-30(28)39)48-36(43)34-13-11-27(49-34)20-41-35(25-8-6-5-7-9-25)37(44)47-23-24-14-16-42(2)17-15-24/h5-13,18,21-22,24,32,35,41H,4,14-17,19-20,23H2,1-3H3/p+1. The molecule has 49 heavy (non-hydrogen) atoms. The predicted molar refractivity (Wildman–Crippen MR) is 191 cm³/mol. The smallest absolute Gasteiger partial charge is 0.348 e. The highest BCUT2D eigenvalue weighted by molar-refractivity contribution is 7.13. The first-order valence-corrected chi connectivity index (χ1v) is 17.9. The van der Waals surface area contributed by atoms with E-state index in [1.165, 1.54) is 11.3 Å². The van der Waals surface area contributed by atoms with E-state index in [-0.39, 0.29) is 12.4 Å². The SMILES string of the molecule is CCOc1cc(C(Cc2c(Cl)c[nH+]cc2Cl)OC(=O)c2ccc(CNC(C(=O)OCC3CCN(C)CC3)c3ccccc3)s2)ccc1OC. The van der Waals surface area contributed by atoms with E-state index < -0.39 is 18.1 Å². The number of halogens is 2. The summed E-state index contributed by atoms with van der Waals surface area (Å²) in [7, 11) is 3.68. The van der Waals surface area contributed by atoms with E-state index in [0.717, 1.165) is 36.4 Å². The second-order valence-corrected chi connectivity index (χ2v) is 13.9. The van der Waals surface area contributed by atoms with Crippen LogP contribution < -0.4 is 19.8 Å². The number of thiophene rings is 1. The summed E-state index contributed by atoms with van der Waals surface area (Å²) in [6.45, 7) is 5.09. The van der Waals surface area contributed by atoms with E-state index in [0.29, 0.717) is 63.2 Å². The number of H-pyrrole nitrogens is 1. The van der Waals surface area contributed by atoms with Crippen molar-refractivity contribution in [2.45, 2.75) is 44.9 Å². The van der Waals surface area contributed by atoms with Gasteiger partial charge in [0, 0.05) is 23.4 Å². The molecule has 0 saturated carbocycles. The van der Waals surface area contributed by atoms with Crippen LogP contribution in [0.4, 0.5) is 0 Å². The summed E-state index contributed by atoms with van der Waals surface area (Å²) >= 11 is 14.3. The molecular weight excluding hydrogens is 685 g/mol. The van der Waals surface area contributed by atoms with Gasteiger partial charge in [0.15, 0.2) is 23.9 Å². The van der Waals surface area contributed by atoms with Crippen LogP contribution in [0.2, 0.25) is 10.0 Å². The Morgan fingerprint density at radius 1 is 1.00 bits per heavy atom. The first-order chi connectivity index (χ1) is 23.7. The first-order valence-electron chi connectivity index (χ1n) is 16.3. The average molecular weight is 728 g/mol. The highest BCUT2D eigenvalue weighted by atomic mass is 35.5. The van der Waals surface area contributed by atoms with Crippen LogP contribution >= 0.6 is 34.5 Å². The summed E-state index contributed by atoms with van der Waals surface area (Å²) in [6.07, 6.45) is 4.78. The van der Waals surface area contributed by atoms with Gasteiger partial charge in [-0.25, -0.2) is 14.6 Å². The Bertz CT molecular complexity index is 1680. The molecule has 2 unspecified atom stereocenters. The van der Waals surface area contributed by atoms with Crippen LogP contribution in [0.5, 0.6) is 11.5 Å². The maximum atomic E-state index is 13.6. The number of hydrogen-bond donors (Lipinski definition) is 1. The molecule has 1 aliphatic heterocycles. The second-order valence-electron chi connectivity index (χ2n) is 11.9. The molecule has 1 aliphatic rings. The largest absolute Gasteiger partial charge is 0.493 e. The molecule has 2 N–H and O–H groups in total. The van der Waals surface area contributed by atoms with Crippen LogP contribution in [0, 0.1) is 5.92 Å². The fourth-order valence-electron chi connectivity index (χ4n) is 5.71. The van der Waals surface area contributed by atoms with Crippen molar-refractivity contribution in [1.82, 2.24) is 10.2 Å². The lowest BCUT2D eigenvalue weighted by Crippen LogP contribution is -2.34. The Kier molecular flexibility index (Phi) is 13.3. The zero-order chi connectivity index (χ0) is 34.8. The third kappa shape index (κ3) is 9.95. The quantitative estimate of drug-likeness (QED) is 0.129. The number of nitrogens with zero attached hydrogens (tertiary/aromatic N) is 1. The van der Waals surface area contributed by atoms with Gasteiger partial charge in [0.1, 0.15) is 27.1 Å². The van der Waals surface area contributed by atoms with Gasteiger partial charge in [-0.3, -0.25) is 5.32 Å². The highest BCUT2D eigenvalue weighted by Gasteiger charge is 2.27. The summed E-state index contributed by atoms with van der Waals surface area (Å²) in [5.74, 6) is 0.649. The number of likely N-dealkylation sites (tertiary alicyclic amines) is 1. The summed E-state index contributed by atoms with van der Waals surface area (Å²) < 4.78 is 23.2. The molecular formula is C37H42Cl2N3O6S+. The number of nitrogens with one attached hydrogen (secondary N) is 2. The lowest BCUT2D eigenvalue weighted by molar-refractivity contribution is -0.377. The number of pyridine rings is 1. The normalized spacial score (nSPS) is 15.0. The van der Waals surface area contributed by atoms with E-state index >= 15 is 0 Å². The number of methoxy groups -OCH3 is 1. The zero-order valence-corrected chi connectivity index (χ0v) is 30.2. The number of rotatable bonds is 15. The van der Waals surface area contributed by atoms with Crippen molar-refractivity contribution in [2.24, 2.45) is 5.92 Å². The minimum absolute atomic E-state index is 0.230. The number of aromatic nitrogens is 1. The monoisotopic (exact) mass is 726 g/mol. The lowest BCUT2D eigenvalue weighted by Gasteiger charge is -2.29. The summed E-state index contributed by atoms with van der Waals surface area (Å²) in [5.41, 5.74) is 2.15. The summed E-state index contributed by atoms with van der Waals surface area (Å²) in [4.78, 5) is 33.4. The lowest BCUT2D eigenvalue weighted by atomic mass is 9.98. The molecule has 0 bridgehead atoms. The third-order valence-electron chi connectivity index (χ3n) is 8.51. The third-order valence-corrected chi connectivity index (χ3v) is 10.2. The van der Waals surface area contributed by atoms with Crippen molar-refractivity contribution in [3.63, 3.8) is 0 Å². The number of hydrogen-bond acceptors (Lipinski definition) is 9. The summed E-state index contributed by atoms with van der Waals surface area (Å²) in [5, 5.41) is 4.21. The number of carbonyl (C=O) groups is 2. The summed E-state index contributed by atoms with van der Waals surface area (Å²) in [6, 6.07) is 17.9. The Balaban J connectivity index is 1.29. The van der Waals surface area contributed by atoms with Gasteiger partial charge in [0.25, 0.3) is 0 Å². The molecule has 0 radical (unpaired) electrons. The fourth-order valence-corrected chi connectivity index (χ4v) is 7.09. The number of ether oxygens (including phenoxy) is 4. The second kappa shape index (κ2) is 17.8. The van der Waals surface area contributed by atoms with Crippen molar-refractivity contribution in [2.75, 3.05) is 40.5 Å². The molecule has 4 aromatic rings. The Morgan fingerprint density at radius 3 is 2.43 bits per heavy atom. The first kappa shape index (κ1) is 36.6. The van der Waals surface area contributed by atoms with Gasteiger partial charge in [0.2, 0.25) is 0 Å². The van der Waals surface area contributed by atoms with Gasteiger partial charge in [-0.05, 0) is 81.2 Å². The van der Waals surface area contributed by atoms with Crippen LogP contribution in [0.3, 0.4) is 0 Å². The van der Waals surface area contributed by atoms with Gasteiger partial charge < -0.3 is 23.8 Å². The van der Waals surface area contributed by atoms with Crippen molar-refractivity contribution >= 4 is 46.5 Å². The van der Waals surface area contributed by atoms with E-state index in [1.54, 1.807) is 37.7 Å². The number of carbonyl (C=O) groups excluding carboxylic acids is 2. The van der Waals surface area contributed by atoms with Gasteiger partial charge in [-0.15, -0.1) is 11.3 Å². The predicted octanol–water partition coefficient (Wildman–Crippen LogP) is 7.13. The Hall–Kier alpha value is -3.67. The van der Waals surface area contributed by atoms with Crippen LogP contribution in [-0.2, 0) is 27.2 Å². The molecule has 2 aromatic carbocycles. The molecule has 3 heterocycles. The van der Waals surface area contributed by atoms with Crippen molar-refractivity contribution < 1.29 is 33.5 Å². The van der Waals surface area contributed by atoms with Gasteiger partial charge in [0.05, 0.1) is 20.3 Å². The fraction of sp³-hybridized carbons (Fsp3) is 0.378. The topological polar surface area (TPSA) is 100 Å². The molecule has 0 amide bonds. The van der Waals surface area contributed by atoms with E-state index in [2.05, 4.69) is 22.2 Å². The minimum Gasteiger partial charge on any atom is -0.493 e. The average Bonchev–Trinajstić information content (AvgIpc) is 3.59. The maximum Gasteiger partial charge on any atom is 0.348 e. The van der Waals surface area contributed by atoms with Gasteiger partial charge >= 0.3 is 11.9 Å². The molecule has 12 heteroatoms. The number of esters is 2. The molecule has 0 aliphatic carbocycles. The van der Waals surface area contributed by atoms with Gasteiger partial charge in [-0.2, -0.15) is 0 Å². The highest BCUT2D eigenvalue weighted by Crippen LogP contribution is 2.36. The number of aromatic amines is 1. The molecule has 2 aromatic heterocycles.